The number of pyridine rings is 1. The number of β-amino-alcohol motifs (C(OH)–C–C–N with tert-alkyl or cyclic N) is 1. The van der Waals surface area contributed by atoms with E-state index in [1.54, 1.807) is 24.5 Å². The first-order chi connectivity index (χ1) is 12.0. The first-order valence-corrected chi connectivity index (χ1v) is 10.6. The van der Waals surface area contributed by atoms with Crippen molar-refractivity contribution in [2.24, 2.45) is 0 Å². The third kappa shape index (κ3) is 3.23. The van der Waals surface area contributed by atoms with Crippen molar-refractivity contribution in [1.82, 2.24) is 15.0 Å². The largest absolute Gasteiger partial charge is 0.386 e. The lowest BCUT2D eigenvalue weighted by Gasteiger charge is -2.28. The molecule has 1 aliphatic heterocycles. The van der Waals surface area contributed by atoms with Crippen LogP contribution in [0.2, 0.25) is 0 Å². The molecule has 25 heavy (non-hydrogen) atoms. The Balaban J connectivity index is 1.97. The van der Waals surface area contributed by atoms with Crippen LogP contribution in [0.4, 0.5) is 5.82 Å². The third-order valence-electron chi connectivity index (χ3n) is 4.09. The number of aromatic nitrogens is 3. The van der Waals surface area contributed by atoms with Crippen LogP contribution in [-0.4, -0.2) is 58.2 Å². The number of aliphatic hydroxyl groups is 1. The molecule has 0 radical (unpaired) electrons. The van der Waals surface area contributed by atoms with Crippen molar-refractivity contribution in [3.63, 3.8) is 0 Å². The highest BCUT2D eigenvalue weighted by molar-refractivity contribution is 9.10. The molecular formula is C16H17BrN4O2S2. The average molecular weight is 441 g/mol. The van der Waals surface area contributed by atoms with Crippen molar-refractivity contribution in [1.29, 1.82) is 0 Å². The molecular weight excluding hydrogens is 424 g/mol. The van der Waals surface area contributed by atoms with Gasteiger partial charge in [-0.15, -0.1) is 11.3 Å². The second-order valence-corrected chi connectivity index (χ2v) is 8.91. The van der Waals surface area contributed by atoms with Crippen molar-refractivity contribution in [3.8, 4) is 0 Å². The van der Waals surface area contributed by atoms with E-state index in [4.69, 9.17) is 9.72 Å². The number of anilines is 1. The lowest BCUT2D eigenvalue weighted by molar-refractivity contribution is -0.0123. The van der Waals surface area contributed by atoms with E-state index in [2.05, 4.69) is 30.8 Å². The van der Waals surface area contributed by atoms with E-state index in [9.17, 15) is 5.11 Å². The Morgan fingerprint density at radius 1 is 1.40 bits per heavy atom. The molecule has 3 aromatic rings. The highest BCUT2D eigenvalue weighted by Crippen LogP contribution is 2.41. The standard InChI is InChI=1S/C16H17BrN4O2S2/c1-16(22)7-21(3-4-23-8-16)13-11-9-5-18-6-10(17)12(9)25-14(11)20-15(19-13)24-2/h5-6,22H,3-4,7-8H2,1-2H3/t16-/m0/s1. The average Bonchev–Trinajstić information content (AvgIpc) is 2.86. The molecule has 0 saturated carbocycles. The van der Waals surface area contributed by atoms with Crippen LogP contribution in [0.5, 0.6) is 0 Å². The Labute approximate surface area is 161 Å². The highest BCUT2D eigenvalue weighted by atomic mass is 79.9. The first kappa shape index (κ1) is 17.4. The van der Waals surface area contributed by atoms with Gasteiger partial charge in [-0.3, -0.25) is 4.98 Å². The van der Waals surface area contributed by atoms with Gasteiger partial charge in [-0.05, 0) is 29.1 Å². The molecule has 9 heteroatoms. The predicted octanol–water partition coefficient (Wildman–Crippen LogP) is 3.31. The minimum absolute atomic E-state index is 0.324. The number of ether oxygens (including phenoxy) is 1. The Hall–Kier alpha value is -1.00. The van der Waals surface area contributed by atoms with Gasteiger partial charge in [0, 0.05) is 24.3 Å². The Kier molecular flexibility index (Phi) is 4.61. The number of rotatable bonds is 2. The summed E-state index contributed by atoms with van der Waals surface area (Å²) in [6.45, 7) is 3.81. The molecule has 0 aliphatic carbocycles. The summed E-state index contributed by atoms with van der Waals surface area (Å²) in [5.74, 6) is 0.839. The number of nitrogens with zero attached hydrogens (tertiary/aromatic N) is 4. The SMILES string of the molecule is CSc1nc(N2CCOC[C@@](C)(O)C2)c2c(n1)sc1c(Br)cncc12. The van der Waals surface area contributed by atoms with Crippen LogP contribution in [0.1, 0.15) is 6.92 Å². The maximum absolute atomic E-state index is 10.6. The summed E-state index contributed by atoms with van der Waals surface area (Å²) < 4.78 is 7.62. The molecule has 1 saturated heterocycles. The van der Waals surface area contributed by atoms with Gasteiger partial charge in [0.05, 0.1) is 34.3 Å². The van der Waals surface area contributed by atoms with E-state index >= 15 is 0 Å². The molecule has 1 atom stereocenters. The molecule has 1 aliphatic rings. The van der Waals surface area contributed by atoms with E-state index in [1.165, 1.54) is 11.8 Å². The van der Waals surface area contributed by atoms with Gasteiger partial charge in [0.25, 0.3) is 0 Å². The van der Waals surface area contributed by atoms with Gasteiger partial charge in [0.2, 0.25) is 0 Å². The van der Waals surface area contributed by atoms with Crippen LogP contribution >= 0.6 is 39.0 Å². The number of hydrogen-bond acceptors (Lipinski definition) is 8. The topological polar surface area (TPSA) is 71.4 Å². The second kappa shape index (κ2) is 6.62. The summed E-state index contributed by atoms with van der Waals surface area (Å²) in [7, 11) is 0. The molecule has 0 bridgehead atoms. The Bertz CT molecular complexity index is 947. The summed E-state index contributed by atoms with van der Waals surface area (Å²) in [6, 6.07) is 0. The van der Waals surface area contributed by atoms with Gasteiger partial charge in [0.15, 0.2) is 5.16 Å². The maximum atomic E-state index is 10.6. The van der Waals surface area contributed by atoms with Crippen LogP contribution < -0.4 is 4.90 Å². The van der Waals surface area contributed by atoms with E-state index in [-0.39, 0.29) is 0 Å². The fourth-order valence-electron chi connectivity index (χ4n) is 3.02. The Morgan fingerprint density at radius 2 is 2.24 bits per heavy atom. The molecule has 1 fully saturated rings. The molecule has 4 rings (SSSR count). The molecule has 6 nitrogen and oxygen atoms in total. The van der Waals surface area contributed by atoms with Gasteiger partial charge in [-0.25, -0.2) is 9.97 Å². The van der Waals surface area contributed by atoms with Gasteiger partial charge in [-0.2, -0.15) is 0 Å². The first-order valence-electron chi connectivity index (χ1n) is 7.81. The number of hydrogen-bond donors (Lipinski definition) is 1. The minimum atomic E-state index is -0.919. The zero-order valence-electron chi connectivity index (χ0n) is 13.8. The fourth-order valence-corrected chi connectivity index (χ4v) is 5.06. The normalized spacial score (nSPS) is 21.8. The quantitative estimate of drug-likeness (QED) is 0.483. The van der Waals surface area contributed by atoms with Crippen LogP contribution in [0.3, 0.4) is 0 Å². The second-order valence-electron chi connectivity index (χ2n) is 6.29. The fraction of sp³-hybridized carbons (Fsp3) is 0.438. The van der Waals surface area contributed by atoms with Crippen LogP contribution in [0.15, 0.2) is 22.0 Å². The molecule has 0 unspecified atom stereocenters. The molecule has 132 valence electrons. The lowest BCUT2D eigenvalue weighted by Crippen LogP contribution is -2.42. The van der Waals surface area contributed by atoms with Crippen molar-refractivity contribution in [3.05, 3.63) is 16.9 Å². The monoisotopic (exact) mass is 440 g/mol. The maximum Gasteiger partial charge on any atom is 0.190 e. The highest BCUT2D eigenvalue weighted by Gasteiger charge is 2.30. The van der Waals surface area contributed by atoms with Gasteiger partial charge >= 0.3 is 0 Å². The van der Waals surface area contributed by atoms with E-state index in [0.29, 0.717) is 26.3 Å². The third-order valence-corrected chi connectivity index (χ3v) is 6.63. The molecule has 3 aromatic heterocycles. The van der Waals surface area contributed by atoms with Crippen LogP contribution in [-0.2, 0) is 4.74 Å². The zero-order chi connectivity index (χ0) is 17.6. The van der Waals surface area contributed by atoms with Crippen molar-refractivity contribution < 1.29 is 9.84 Å². The number of thioether (sulfide) groups is 1. The van der Waals surface area contributed by atoms with Crippen molar-refractivity contribution >= 4 is 65.1 Å². The minimum Gasteiger partial charge on any atom is -0.386 e. The lowest BCUT2D eigenvalue weighted by atomic mass is 10.1. The van der Waals surface area contributed by atoms with Gasteiger partial charge in [0.1, 0.15) is 16.2 Å². The Morgan fingerprint density at radius 3 is 3.04 bits per heavy atom. The zero-order valence-corrected chi connectivity index (χ0v) is 17.0. The van der Waals surface area contributed by atoms with Gasteiger partial charge < -0.3 is 14.7 Å². The smallest absolute Gasteiger partial charge is 0.190 e. The summed E-state index contributed by atoms with van der Waals surface area (Å²) in [5.41, 5.74) is -0.919. The summed E-state index contributed by atoms with van der Waals surface area (Å²) in [6.07, 6.45) is 5.62. The molecule has 0 spiro atoms. The van der Waals surface area contributed by atoms with E-state index in [1.807, 2.05) is 12.5 Å². The predicted molar refractivity (Wildman–Crippen MR) is 106 cm³/mol. The van der Waals surface area contributed by atoms with E-state index in [0.717, 1.165) is 35.7 Å². The molecule has 0 aromatic carbocycles. The number of thiophene rings is 1. The summed E-state index contributed by atoms with van der Waals surface area (Å²) >= 11 is 6.73. The van der Waals surface area contributed by atoms with E-state index < -0.39 is 5.60 Å². The van der Waals surface area contributed by atoms with Gasteiger partial charge in [-0.1, -0.05) is 11.8 Å². The van der Waals surface area contributed by atoms with Crippen LogP contribution in [0, 0.1) is 0 Å². The molecule has 0 amide bonds. The molecule has 1 N–H and O–H groups in total. The summed E-state index contributed by atoms with van der Waals surface area (Å²) in [4.78, 5) is 16.8. The van der Waals surface area contributed by atoms with Crippen molar-refractivity contribution in [2.45, 2.75) is 17.7 Å². The number of fused-ring (bicyclic) bond motifs is 3. The summed E-state index contributed by atoms with van der Waals surface area (Å²) in [5, 5.41) is 13.3. The number of halogens is 1. The van der Waals surface area contributed by atoms with Crippen molar-refractivity contribution in [2.75, 3.05) is 37.5 Å². The van der Waals surface area contributed by atoms with Crippen LogP contribution in [0.25, 0.3) is 20.3 Å². The molecule has 4 heterocycles.